The number of anilines is 1. The van der Waals surface area contributed by atoms with Gasteiger partial charge in [0.25, 0.3) is 0 Å². The maximum absolute atomic E-state index is 13.0. The Balaban J connectivity index is 1.42. The van der Waals surface area contributed by atoms with E-state index >= 15 is 0 Å². The number of halogens is 1. The van der Waals surface area contributed by atoms with Crippen LogP contribution >= 0.6 is 22.9 Å². The van der Waals surface area contributed by atoms with E-state index in [1.165, 1.54) is 16.7 Å². The fourth-order valence-electron chi connectivity index (χ4n) is 3.90. The highest BCUT2D eigenvalue weighted by atomic mass is 35.5. The molecule has 0 radical (unpaired) electrons. The minimum absolute atomic E-state index is 0.318. The molecule has 1 aliphatic heterocycles. The van der Waals surface area contributed by atoms with Crippen molar-refractivity contribution in [2.75, 3.05) is 18.0 Å². The van der Waals surface area contributed by atoms with Crippen molar-refractivity contribution < 1.29 is 8.42 Å². The smallest absolute Gasteiger partial charge is 0.185 e. The van der Waals surface area contributed by atoms with Gasteiger partial charge in [-0.15, -0.1) is 11.3 Å². The molecule has 4 rings (SSSR count). The Morgan fingerprint density at radius 3 is 2.63 bits per heavy atom. The van der Waals surface area contributed by atoms with Crippen molar-refractivity contribution in [3.05, 3.63) is 75.3 Å². The van der Waals surface area contributed by atoms with E-state index in [9.17, 15) is 8.42 Å². The molecule has 0 saturated carbocycles. The number of rotatable bonds is 5. The molecule has 0 atom stereocenters. The van der Waals surface area contributed by atoms with Gasteiger partial charge in [-0.3, -0.25) is 0 Å². The van der Waals surface area contributed by atoms with Gasteiger partial charge >= 0.3 is 0 Å². The largest absolute Gasteiger partial charge is 0.348 e. The first kappa shape index (κ1) is 21.3. The van der Waals surface area contributed by atoms with Gasteiger partial charge in [-0.05, 0) is 56.0 Å². The topological polar surface area (TPSA) is 50.3 Å². The van der Waals surface area contributed by atoms with Crippen LogP contribution < -0.4 is 4.90 Å². The fourth-order valence-corrected chi connectivity index (χ4v) is 6.81. The Hall–Kier alpha value is -1.89. The van der Waals surface area contributed by atoms with Crippen molar-refractivity contribution in [1.82, 2.24) is 4.98 Å². The standard InChI is InChI=1S/C23H25ClN2O2S2/c1-16-6-7-17(2)18(12-16)13-20-15-29-23(25-20)26-10-8-21(9-11-26)30(27,28)22-5-3-4-19(24)14-22/h3-7,12,14-15,21H,8-11,13H2,1-2H3. The Kier molecular flexibility index (Phi) is 6.19. The van der Waals surface area contributed by atoms with Crippen LogP contribution in [-0.2, 0) is 16.3 Å². The van der Waals surface area contributed by atoms with Gasteiger partial charge in [0.2, 0.25) is 0 Å². The average molecular weight is 461 g/mol. The molecule has 0 amide bonds. The van der Waals surface area contributed by atoms with Gasteiger partial charge < -0.3 is 4.90 Å². The number of nitrogens with zero attached hydrogens (tertiary/aromatic N) is 2. The molecule has 1 saturated heterocycles. The van der Waals surface area contributed by atoms with E-state index in [-0.39, 0.29) is 5.25 Å². The number of aryl methyl sites for hydroxylation is 2. The number of piperidine rings is 1. The molecule has 1 aromatic heterocycles. The Bertz CT molecular complexity index is 1150. The van der Waals surface area contributed by atoms with Crippen molar-refractivity contribution in [2.24, 2.45) is 0 Å². The summed E-state index contributed by atoms with van der Waals surface area (Å²) in [6, 6.07) is 13.1. The van der Waals surface area contributed by atoms with Crippen molar-refractivity contribution in [3.8, 4) is 0 Å². The molecule has 30 heavy (non-hydrogen) atoms. The average Bonchev–Trinajstić information content (AvgIpc) is 3.19. The highest BCUT2D eigenvalue weighted by molar-refractivity contribution is 7.92. The van der Waals surface area contributed by atoms with E-state index in [4.69, 9.17) is 16.6 Å². The minimum Gasteiger partial charge on any atom is -0.348 e. The van der Waals surface area contributed by atoms with Crippen molar-refractivity contribution in [3.63, 3.8) is 0 Å². The maximum atomic E-state index is 13.0. The zero-order valence-electron chi connectivity index (χ0n) is 17.1. The summed E-state index contributed by atoms with van der Waals surface area (Å²) < 4.78 is 25.9. The zero-order chi connectivity index (χ0) is 21.3. The second-order valence-electron chi connectivity index (χ2n) is 7.92. The van der Waals surface area contributed by atoms with Crippen LogP contribution in [0.25, 0.3) is 0 Å². The molecular weight excluding hydrogens is 436 g/mol. The predicted molar refractivity (Wildman–Crippen MR) is 125 cm³/mol. The summed E-state index contributed by atoms with van der Waals surface area (Å²) in [5.74, 6) is 0. The molecule has 2 aromatic carbocycles. The molecule has 0 spiro atoms. The van der Waals surface area contributed by atoms with Crippen LogP contribution in [0.4, 0.5) is 5.13 Å². The fraction of sp³-hybridized carbons (Fsp3) is 0.348. The first-order valence-corrected chi connectivity index (χ1v) is 12.9. The molecule has 7 heteroatoms. The van der Waals surface area contributed by atoms with Gasteiger partial charge in [0, 0.05) is 29.9 Å². The first-order chi connectivity index (χ1) is 14.3. The number of benzene rings is 2. The van der Waals surface area contributed by atoms with Gasteiger partial charge in [0.05, 0.1) is 15.8 Å². The third-order valence-electron chi connectivity index (χ3n) is 5.69. The summed E-state index contributed by atoms with van der Waals surface area (Å²) in [7, 11) is -3.36. The van der Waals surface area contributed by atoms with Crippen LogP contribution in [0, 0.1) is 13.8 Å². The molecule has 0 unspecified atom stereocenters. The van der Waals surface area contributed by atoms with Gasteiger partial charge in [0.1, 0.15) is 0 Å². The summed E-state index contributed by atoms with van der Waals surface area (Å²) in [6.07, 6.45) is 2.02. The van der Waals surface area contributed by atoms with Crippen molar-refractivity contribution in [1.29, 1.82) is 0 Å². The van der Waals surface area contributed by atoms with Crippen molar-refractivity contribution >= 4 is 37.9 Å². The minimum atomic E-state index is -3.36. The van der Waals surface area contributed by atoms with Crippen LogP contribution in [0.5, 0.6) is 0 Å². The molecule has 4 nitrogen and oxygen atoms in total. The second kappa shape index (κ2) is 8.69. The molecule has 158 valence electrons. The van der Waals surface area contributed by atoms with E-state index < -0.39 is 9.84 Å². The van der Waals surface area contributed by atoms with E-state index in [1.54, 1.807) is 35.6 Å². The second-order valence-corrected chi connectivity index (χ2v) is 11.4. The van der Waals surface area contributed by atoms with Crippen molar-refractivity contribution in [2.45, 2.75) is 43.3 Å². The molecule has 2 heterocycles. The molecule has 0 aliphatic carbocycles. The first-order valence-electron chi connectivity index (χ1n) is 10.1. The van der Waals surface area contributed by atoms with Crippen LogP contribution in [0.15, 0.2) is 52.7 Å². The van der Waals surface area contributed by atoms with E-state index in [1.807, 2.05) is 0 Å². The molecular formula is C23H25ClN2O2S2. The maximum Gasteiger partial charge on any atom is 0.185 e. The van der Waals surface area contributed by atoms with Crippen LogP contribution in [-0.4, -0.2) is 31.7 Å². The SMILES string of the molecule is Cc1ccc(C)c(Cc2csc(N3CCC(S(=O)(=O)c4cccc(Cl)c4)CC3)n2)c1. The molecule has 3 aromatic rings. The van der Waals surface area contributed by atoms with E-state index in [0.717, 1.165) is 17.2 Å². The van der Waals surface area contributed by atoms with E-state index in [2.05, 4.69) is 42.3 Å². The number of hydrogen-bond donors (Lipinski definition) is 0. The Morgan fingerprint density at radius 1 is 1.13 bits per heavy atom. The third-order valence-corrected chi connectivity index (χ3v) is 9.14. The van der Waals surface area contributed by atoms with E-state index in [0.29, 0.717) is 35.8 Å². The molecule has 1 aliphatic rings. The van der Waals surface area contributed by atoms with Gasteiger partial charge in [-0.2, -0.15) is 0 Å². The lowest BCUT2D eigenvalue weighted by molar-refractivity contribution is 0.529. The number of thiazole rings is 1. The summed E-state index contributed by atoms with van der Waals surface area (Å²) in [4.78, 5) is 7.36. The zero-order valence-corrected chi connectivity index (χ0v) is 19.5. The Morgan fingerprint density at radius 2 is 1.90 bits per heavy atom. The lowest BCUT2D eigenvalue weighted by atomic mass is 10.0. The monoisotopic (exact) mass is 460 g/mol. The normalized spacial score (nSPS) is 15.5. The third kappa shape index (κ3) is 4.56. The summed E-state index contributed by atoms with van der Waals surface area (Å²) in [5.41, 5.74) is 4.91. The number of aromatic nitrogens is 1. The number of sulfone groups is 1. The highest BCUT2D eigenvalue weighted by Gasteiger charge is 2.32. The van der Waals surface area contributed by atoms with Crippen LogP contribution in [0.3, 0.4) is 0 Å². The summed E-state index contributed by atoms with van der Waals surface area (Å²) in [6.45, 7) is 5.63. The van der Waals surface area contributed by atoms with Gasteiger partial charge in [-0.25, -0.2) is 13.4 Å². The predicted octanol–water partition coefficient (Wildman–Crippen LogP) is 5.45. The molecule has 0 bridgehead atoms. The summed E-state index contributed by atoms with van der Waals surface area (Å²) in [5, 5.41) is 3.18. The summed E-state index contributed by atoms with van der Waals surface area (Å²) >= 11 is 7.63. The number of hydrogen-bond acceptors (Lipinski definition) is 5. The quantitative estimate of drug-likeness (QED) is 0.508. The van der Waals surface area contributed by atoms with Gasteiger partial charge in [0.15, 0.2) is 15.0 Å². The van der Waals surface area contributed by atoms with Crippen LogP contribution in [0.2, 0.25) is 5.02 Å². The lowest BCUT2D eigenvalue weighted by Gasteiger charge is -2.31. The highest BCUT2D eigenvalue weighted by Crippen LogP contribution is 2.30. The molecule has 0 N–H and O–H groups in total. The lowest BCUT2D eigenvalue weighted by Crippen LogP contribution is -2.39. The molecule has 1 fully saturated rings. The van der Waals surface area contributed by atoms with Gasteiger partial charge in [-0.1, -0.05) is 41.4 Å². The Labute approximate surface area is 187 Å². The van der Waals surface area contributed by atoms with Crippen LogP contribution in [0.1, 0.15) is 35.2 Å².